The van der Waals surface area contributed by atoms with Crippen molar-refractivity contribution in [2.24, 2.45) is 7.05 Å². The third-order valence-corrected chi connectivity index (χ3v) is 10.3. The van der Waals surface area contributed by atoms with Crippen LogP contribution >= 0.6 is 0 Å². The van der Waals surface area contributed by atoms with E-state index < -0.39 is 0 Å². The first-order valence-corrected chi connectivity index (χ1v) is 17.3. The van der Waals surface area contributed by atoms with E-state index in [0.717, 1.165) is 60.8 Å². The van der Waals surface area contributed by atoms with E-state index in [4.69, 9.17) is 8.83 Å². The molecule has 0 aliphatic heterocycles. The van der Waals surface area contributed by atoms with Crippen molar-refractivity contribution in [1.29, 1.82) is 0 Å². The summed E-state index contributed by atoms with van der Waals surface area (Å²) in [5.41, 5.74) is 14.6. The van der Waals surface area contributed by atoms with E-state index in [0.29, 0.717) is 0 Å². The Kier molecular flexibility index (Phi) is 6.61. The van der Waals surface area contributed by atoms with Gasteiger partial charge in [0, 0.05) is 32.7 Å². The second-order valence-corrected chi connectivity index (χ2v) is 14.1. The number of rotatable bonds is 5. The third kappa shape index (κ3) is 4.40. The first-order chi connectivity index (χ1) is 23.8. The van der Waals surface area contributed by atoms with Gasteiger partial charge in [0.15, 0.2) is 16.6 Å². The van der Waals surface area contributed by atoms with Gasteiger partial charge in [0.2, 0.25) is 0 Å². The van der Waals surface area contributed by atoms with Gasteiger partial charge in [-0.05, 0) is 84.0 Å². The number of para-hydroxylation sites is 4. The van der Waals surface area contributed by atoms with Crippen LogP contribution in [0.1, 0.15) is 56.2 Å². The van der Waals surface area contributed by atoms with Crippen LogP contribution in [-0.4, -0.2) is 4.57 Å². The summed E-state index contributed by atoms with van der Waals surface area (Å²) in [6.07, 6.45) is 0. The summed E-state index contributed by atoms with van der Waals surface area (Å²) in [5.74, 6) is 1.65. The van der Waals surface area contributed by atoms with Crippen molar-refractivity contribution < 1.29 is 13.4 Å². The number of aromatic nitrogens is 2. The Morgan fingerprint density at radius 3 is 1.88 bits per heavy atom. The number of hydrogen-bond acceptors (Lipinski definition) is 2. The van der Waals surface area contributed by atoms with Crippen molar-refractivity contribution in [2.75, 3.05) is 0 Å². The average Bonchev–Trinajstić information content (AvgIpc) is 3.76. The van der Waals surface area contributed by atoms with Gasteiger partial charge in [-0.3, -0.25) is 0 Å². The van der Waals surface area contributed by atoms with E-state index in [1.54, 1.807) is 0 Å². The lowest BCUT2D eigenvalue weighted by Crippen LogP contribution is -2.30. The predicted octanol–water partition coefficient (Wildman–Crippen LogP) is 12.1. The predicted molar refractivity (Wildman–Crippen MR) is 203 cm³/mol. The van der Waals surface area contributed by atoms with Crippen LogP contribution in [0.4, 0.5) is 0 Å². The van der Waals surface area contributed by atoms with Gasteiger partial charge in [0.1, 0.15) is 28.0 Å². The van der Waals surface area contributed by atoms with Crippen LogP contribution < -0.4 is 4.57 Å². The second-order valence-electron chi connectivity index (χ2n) is 14.1. The molecule has 0 atom stereocenters. The SMILES string of the molecule is Cc1ccc2c(oc3ccccc32)c1-c1n(-c2c(C(C)C)cc(-c3ccc4c(c3)oc3ccccc34)cc2C(C)C)c2ccccc2[n+]1C. The van der Waals surface area contributed by atoms with Gasteiger partial charge in [-0.25, -0.2) is 4.57 Å². The standard InChI is InChI=1S/C45H39N2O2/c1-26(2)35-23-30(29-20-22-33-31-13-7-11-17-39(31)48-41(33)25-29)24-36(27(3)4)43(35)47-38-16-10-9-15-37(38)46(6)45(47)42-28(5)19-21-34-32-14-8-12-18-40(32)49-44(34)42/h7-27H,1-6H3/q+1. The lowest BCUT2D eigenvalue weighted by molar-refractivity contribution is -0.633. The third-order valence-electron chi connectivity index (χ3n) is 10.3. The minimum absolute atomic E-state index is 0.268. The van der Waals surface area contributed by atoms with Crippen molar-refractivity contribution in [3.63, 3.8) is 0 Å². The summed E-state index contributed by atoms with van der Waals surface area (Å²) in [7, 11) is 2.19. The molecule has 9 rings (SSSR count). The zero-order valence-corrected chi connectivity index (χ0v) is 28.8. The summed E-state index contributed by atoms with van der Waals surface area (Å²) in [5, 5.41) is 4.58. The summed E-state index contributed by atoms with van der Waals surface area (Å²) in [6, 6.07) is 41.3. The molecule has 0 spiro atoms. The van der Waals surface area contributed by atoms with Crippen LogP contribution in [0.15, 0.2) is 124 Å². The number of fused-ring (bicyclic) bond motifs is 7. The summed E-state index contributed by atoms with van der Waals surface area (Å²) in [6.45, 7) is 11.4. The molecule has 4 heteroatoms. The Hall–Kier alpha value is -5.61. The summed E-state index contributed by atoms with van der Waals surface area (Å²) < 4.78 is 17.9. The fourth-order valence-electron chi connectivity index (χ4n) is 7.88. The Morgan fingerprint density at radius 1 is 0.571 bits per heavy atom. The van der Waals surface area contributed by atoms with Crippen LogP contribution in [0.3, 0.4) is 0 Å². The van der Waals surface area contributed by atoms with Crippen molar-refractivity contribution >= 4 is 54.9 Å². The lowest BCUT2D eigenvalue weighted by atomic mass is 9.87. The molecule has 4 nitrogen and oxygen atoms in total. The maximum absolute atomic E-state index is 6.71. The minimum Gasteiger partial charge on any atom is -0.456 e. The molecular formula is C45H39N2O2+. The number of nitrogens with zero attached hydrogens (tertiary/aromatic N) is 2. The van der Waals surface area contributed by atoms with Gasteiger partial charge in [-0.15, -0.1) is 0 Å². The molecule has 9 aromatic rings. The lowest BCUT2D eigenvalue weighted by Gasteiger charge is -2.21. The largest absolute Gasteiger partial charge is 0.456 e. The van der Waals surface area contributed by atoms with Crippen LogP contribution in [0.25, 0.3) is 83.1 Å². The van der Waals surface area contributed by atoms with Crippen LogP contribution in [0.2, 0.25) is 0 Å². The molecule has 0 unspecified atom stereocenters. The first-order valence-electron chi connectivity index (χ1n) is 17.3. The highest BCUT2D eigenvalue weighted by Gasteiger charge is 2.34. The average molecular weight is 640 g/mol. The van der Waals surface area contributed by atoms with Gasteiger partial charge in [-0.2, -0.15) is 4.57 Å². The fourth-order valence-corrected chi connectivity index (χ4v) is 7.88. The van der Waals surface area contributed by atoms with Gasteiger partial charge in [0.25, 0.3) is 5.82 Å². The molecule has 0 aliphatic rings. The van der Waals surface area contributed by atoms with Crippen LogP contribution in [0.5, 0.6) is 0 Å². The highest BCUT2D eigenvalue weighted by molar-refractivity contribution is 6.10. The van der Waals surface area contributed by atoms with Gasteiger partial charge >= 0.3 is 0 Å². The quantitative estimate of drug-likeness (QED) is 0.176. The monoisotopic (exact) mass is 639 g/mol. The van der Waals surface area contributed by atoms with E-state index in [-0.39, 0.29) is 11.8 Å². The van der Waals surface area contributed by atoms with Crippen LogP contribution in [0, 0.1) is 6.92 Å². The van der Waals surface area contributed by atoms with Crippen molar-refractivity contribution in [3.8, 4) is 28.2 Å². The van der Waals surface area contributed by atoms with E-state index in [9.17, 15) is 0 Å². The molecule has 49 heavy (non-hydrogen) atoms. The molecule has 0 N–H and O–H groups in total. The van der Waals surface area contributed by atoms with Crippen molar-refractivity contribution in [2.45, 2.75) is 46.5 Å². The van der Waals surface area contributed by atoms with E-state index in [2.05, 4.69) is 148 Å². The van der Waals surface area contributed by atoms with E-state index in [1.165, 1.54) is 39.0 Å². The Morgan fingerprint density at radius 2 is 1.16 bits per heavy atom. The number of imidazole rings is 1. The topological polar surface area (TPSA) is 35.1 Å². The smallest absolute Gasteiger partial charge is 0.299 e. The summed E-state index contributed by atoms with van der Waals surface area (Å²) in [4.78, 5) is 0. The zero-order chi connectivity index (χ0) is 33.6. The van der Waals surface area contributed by atoms with E-state index in [1.807, 2.05) is 18.2 Å². The maximum Gasteiger partial charge on any atom is 0.299 e. The second kappa shape index (κ2) is 11.0. The molecule has 0 saturated carbocycles. The van der Waals surface area contributed by atoms with Crippen molar-refractivity contribution in [3.05, 3.63) is 132 Å². The molecule has 0 amide bonds. The highest BCUT2D eigenvalue weighted by atomic mass is 16.3. The fraction of sp³-hybridized carbons (Fsp3) is 0.178. The molecule has 0 fully saturated rings. The summed E-state index contributed by atoms with van der Waals surface area (Å²) >= 11 is 0. The molecule has 6 aromatic carbocycles. The normalized spacial score (nSPS) is 12.2. The molecule has 0 bridgehead atoms. The highest BCUT2D eigenvalue weighted by Crippen LogP contribution is 2.43. The Bertz CT molecular complexity index is 2720. The van der Waals surface area contributed by atoms with E-state index >= 15 is 0 Å². The molecule has 3 aromatic heterocycles. The molecular weight excluding hydrogens is 601 g/mol. The molecule has 0 aliphatic carbocycles. The number of furan rings is 2. The maximum atomic E-state index is 6.71. The van der Waals surface area contributed by atoms with Gasteiger partial charge in [0.05, 0.1) is 7.05 Å². The number of hydrogen-bond donors (Lipinski definition) is 0. The molecule has 240 valence electrons. The Balaban J connectivity index is 1.36. The van der Waals surface area contributed by atoms with Crippen molar-refractivity contribution in [1.82, 2.24) is 4.57 Å². The first kappa shape index (κ1) is 29.5. The minimum atomic E-state index is 0.268. The van der Waals surface area contributed by atoms with Crippen LogP contribution in [-0.2, 0) is 7.05 Å². The number of benzene rings is 6. The number of aryl methyl sites for hydroxylation is 2. The molecule has 0 radical (unpaired) electrons. The molecule has 0 saturated heterocycles. The molecule has 3 heterocycles. The Labute approximate surface area is 285 Å². The zero-order valence-electron chi connectivity index (χ0n) is 28.8. The van der Waals surface area contributed by atoms with Gasteiger partial charge in [-0.1, -0.05) is 94.4 Å². The van der Waals surface area contributed by atoms with Gasteiger partial charge < -0.3 is 8.83 Å².